The number of benzene rings is 1. The summed E-state index contributed by atoms with van der Waals surface area (Å²) in [6.07, 6.45) is -4.47. The van der Waals surface area contributed by atoms with Crippen LogP contribution in [-0.4, -0.2) is 48.2 Å². The monoisotopic (exact) mass is 479 g/mol. The average molecular weight is 480 g/mol. The molecule has 0 unspecified atom stereocenters. The smallest absolute Gasteiger partial charge is 0.379 e. The van der Waals surface area contributed by atoms with Crippen LogP contribution in [0.3, 0.4) is 0 Å². The summed E-state index contributed by atoms with van der Waals surface area (Å²) in [5.74, 6) is -0.410. The summed E-state index contributed by atoms with van der Waals surface area (Å²) in [4.78, 5) is 15.5. The maximum absolute atomic E-state index is 13.1. The van der Waals surface area contributed by atoms with Crippen molar-refractivity contribution in [2.45, 2.75) is 59.7 Å². The second-order valence-corrected chi connectivity index (χ2v) is 11.0. The van der Waals surface area contributed by atoms with Crippen LogP contribution in [-0.2, 0) is 22.9 Å². The fourth-order valence-corrected chi connectivity index (χ4v) is 4.51. The SMILES string of the molecule is Cc1c(C(=O)Nc2cccc(C(F)(F)F)c2)cc(C(C)(C)C)n1CC(C)(C)CN1CCOCC1. The van der Waals surface area contributed by atoms with E-state index < -0.39 is 17.6 Å². The van der Waals surface area contributed by atoms with Crippen LogP contribution in [0.15, 0.2) is 30.3 Å². The molecule has 0 spiro atoms. The van der Waals surface area contributed by atoms with Gasteiger partial charge in [0.1, 0.15) is 0 Å². The second kappa shape index (κ2) is 9.74. The van der Waals surface area contributed by atoms with Gasteiger partial charge in [-0.15, -0.1) is 0 Å². The number of aromatic nitrogens is 1. The number of nitrogens with one attached hydrogen (secondary N) is 1. The summed E-state index contributed by atoms with van der Waals surface area (Å²) in [5.41, 5.74) is 1.37. The normalized spacial score (nSPS) is 16.0. The molecular formula is C26H36F3N3O2. The van der Waals surface area contributed by atoms with Crippen molar-refractivity contribution in [3.63, 3.8) is 0 Å². The summed E-state index contributed by atoms with van der Waals surface area (Å²) in [7, 11) is 0. The minimum Gasteiger partial charge on any atom is -0.379 e. The molecule has 1 fully saturated rings. The highest BCUT2D eigenvalue weighted by Crippen LogP contribution is 2.33. The zero-order valence-corrected chi connectivity index (χ0v) is 21.0. The number of alkyl halides is 3. The number of carbonyl (C=O) groups excluding carboxylic acids is 1. The van der Waals surface area contributed by atoms with Gasteiger partial charge in [0, 0.05) is 48.7 Å². The highest BCUT2D eigenvalue weighted by molar-refractivity contribution is 6.05. The third-order valence-corrected chi connectivity index (χ3v) is 6.17. The Hall–Kier alpha value is -2.32. The molecule has 1 aliphatic heterocycles. The summed E-state index contributed by atoms with van der Waals surface area (Å²) < 4.78 is 46.9. The van der Waals surface area contributed by atoms with Crippen LogP contribution in [0, 0.1) is 12.3 Å². The fourth-order valence-electron chi connectivity index (χ4n) is 4.51. The van der Waals surface area contributed by atoms with Crippen molar-refractivity contribution >= 4 is 11.6 Å². The van der Waals surface area contributed by atoms with Crippen LogP contribution in [0.2, 0.25) is 0 Å². The van der Waals surface area contributed by atoms with Crippen LogP contribution in [0.4, 0.5) is 18.9 Å². The minimum absolute atomic E-state index is 0.0596. The van der Waals surface area contributed by atoms with Crippen LogP contribution in [0.5, 0.6) is 0 Å². The van der Waals surface area contributed by atoms with Gasteiger partial charge in [-0.1, -0.05) is 40.7 Å². The van der Waals surface area contributed by atoms with Gasteiger partial charge in [0.2, 0.25) is 0 Å². The van der Waals surface area contributed by atoms with Crippen molar-refractivity contribution in [1.82, 2.24) is 9.47 Å². The predicted molar refractivity (Wildman–Crippen MR) is 128 cm³/mol. The lowest BCUT2D eigenvalue weighted by Crippen LogP contribution is -2.43. The Bertz CT molecular complexity index is 1010. The van der Waals surface area contributed by atoms with E-state index in [0.29, 0.717) is 5.56 Å². The molecule has 5 nitrogen and oxygen atoms in total. The van der Waals surface area contributed by atoms with E-state index >= 15 is 0 Å². The summed E-state index contributed by atoms with van der Waals surface area (Å²) in [6, 6.07) is 6.59. The third-order valence-electron chi connectivity index (χ3n) is 6.17. The lowest BCUT2D eigenvalue weighted by atomic mass is 9.89. The van der Waals surface area contributed by atoms with Gasteiger partial charge in [0.05, 0.1) is 24.3 Å². The third kappa shape index (κ3) is 6.42. The van der Waals surface area contributed by atoms with Gasteiger partial charge in [-0.2, -0.15) is 13.2 Å². The molecule has 3 rings (SSSR count). The second-order valence-electron chi connectivity index (χ2n) is 11.0. The zero-order chi connectivity index (χ0) is 25.3. The van der Waals surface area contributed by atoms with Crippen LogP contribution in [0.25, 0.3) is 0 Å². The standard InChI is InChI=1S/C26H36F3N3O2/c1-18-21(23(33)30-20-9-7-8-19(14-20)26(27,28)29)15-22(24(2,3)4)32(18)17-25(5,6)16-31-10-12-34-13-11-31/h7-9,14-15H,10-13,16-17H2,1-6H3,(H,30,33). The van der Waals surface area contributed by atoms with E-state index in [1.165, 1.54) is 12.1 Å². The van der Waals surface area contributed by atoms with Crippen molar-refractivity contribution < 1.29 is 22.7 Å². The topological polar surface area (TPSA) is 46.5 Å². The molecule has 1 saturated heterocycles. The Morgan fingerprint density at radius 2 is 1.68 bits per heavy atom. The lowest BCUT2D eigenvalue weighted by Gasteiger charge is -2.36. The average Bonchev–Trinajstić information content (AvgIpc) is 3.04. The molecular weight excluding hydrogens is 443 g/mol. The molecule has 34 heavy (non-hydrogen) atoms. The summed E-state index contributed by atoms with van der Waals surface area (Å²) >= 11 is 0. The van der Waals surface area contributed by atoms with Crippen LogP contribution in [0.1, 0.15) is 61.9 Å². The first-order valence-electron chi connectivity index (χ1n) is 11.7. The Morgan fingerprint density at radius 3 is 2.26 bits per heavy atom. The first-order chi connectivity index (χ1) is 15.7. The molecule has 2 heterocycles. The maximum Gasteiger partial charge on any atom is 0.416 e. The van der Waals surface area contributed by atoms with Crippen LogP contribution < -0.4 is 5.32 Å². The van der Waals surface area contributed by atoms with Gasteiger partial charge < -0.3 is 14.6 Å². The quantitative estimate of drug-likeness (QED) is 0.576. The van der Waals surface area contributed by atoms with Crippen molar-refractivity contribution in [3.8, 4) is 0 Å². The summed E-state index contributed by atoms with van der Waals surface area (Å²) in [6.45, 7) is 17.6. The fraction of sp³-hybridized carbons (Fsp3) is 0.577. The summed E-state index contributed by atoms with van der Waals surface area (Å²) in [5, 5.41) is 2.66. The highest BCUT2D eigenvalue weighted by atomic mass is 19.4. The van der Waals surface area contributed by atoms with Crippen molar-refractivity contribution in [3.05, 3.63) is 52.8 Å². The Labute approximate surface area is 200 Å². The molecule has 0 atom stereocenters. The molecule has 0 bridgehead atoms. The Balaban J connectivity index is 1.87. The van der Waals surface area contributed by atoms with Crippen LogP contribution >= 0.6 is 0 Å². The molecule has 1 amide bonds. The highest BCUT2D eigenvalue weighted by Gasteiger charge is 2.32. The molecule has 2 aromatic rings. The molecule has 8 heteroatoms. The number of rotatable bonds is 6. The Morgan fingerprint density at radius 1 is 1.03 bits per heavy atom. The number of carbonyl (C=O) groups is 1. The number of morpholine rings is 1. The predicted octanol–water partition coefficient (Wildman–Crippen LogP) is 5.72. The van der Waals surface area contributed by atoms with Gasteiger partial charge >= 0.3 is 6.18 Å². The van der Waals surface area contributed by atoms with Gasteiger partial charge in [-0.3, -0.25) is 9.69 Å². The molecule has 0 aliphatic carbocycles. The number of halogens is 3. The first-order valence-corrected chi connectivity index (χ1v) is 11.7. The van der Waals surface area contributed by atoms with E-state index in [0.717, 1.165) is 62.9 Å². The minimum atomic E-state index is -4.47. The molecule has 1 N–H and O–H groups in total. The van der Waals surface area contributed by atoms with Gasteiger partial charge in [-0.05, 0) is 36.6 Å². The van der Waals surface area contributed by atoms with Crippen molar-refractivity contribution in [2.75, 3.05) is 38.2 Å². The van der Waals surface area contributed by atoms with E-state index in [4.69, 9.17) is 4.74 Å². The number of hydrogen-bond acceptors (Lipinski definition) is 3. The molecule has 0 radical (unpaired) electrons. The number of anilines is 1. The van der Waals surface area contributed by atoms with E-state index in [9.17, 15) is 18.0 Å². The van der Waals surface area contributed by atoms with E-state index in [1.54, 1.807) is 0 Å². The number of hydrogen-bond donors (Lipinski definition) is 1. The number of amides is 1. The van der Waals surface area contributed by atoms with Gasteiger partial charge in [-0.25, -0.2) is 0 Å². The molecule has 1 aliphatic rings. The van der Waals surface area contributed by atoms with E-state index in [2.05, 4.69) is 49.4 Å². The van der Waals surface area contributed by atoms with Crippen molar-refractivity contribution in [2.24, 2.45) is 5.41 Å². The molecule has 0 saturated carbocycles. The molecule has 188 valence electrons. The molecule has 1 aromatic carbocycles. The zero-order valence-electron chi connectivity index (χ0n) is 21.0. The first kappa shape index (κ1) is 26.3. The van der Waals surface area contributed by atoms with Gasteiger partial charge in [0.15, 0.2) is 0 Å². The number of nitrogens with zero attached hydrogens (tertiary/aromatic N) is 2. The largest absolute Gasteiger partial charge is 0.416 e. The van der Waals surface area contributed by atoms with Gasteiger partial charge in [0.25, 0.3) is 5.91 Å². The lowest BCUT2D eigenvalue weighted by molar-refractivity contribution is -0.137. The van der Waals surface area contributed by atoms with E-state index in [-0.39, 0.29) is 16.5 Å². The van der Waals surface area contributed by atoms with Crippen molar-refractivity contribution in [1.29, 1.82) is 0 Å². The number of ether oxygens (including phenoxy) is 1. The molecule has 1 aromatic heterocycles. The van der Waals surface area contributed by atoms with E-state index in [1.807, 2.05) is 13.0 Å². The maximum atomic E-state index is 13.1. The Kier molecular flexibility index (Phi) is 7.53.